The van der Waals surface area contributed by atoms with Gasteiger partial charge in [0.05, 0.1) is 0 Å². The molecule has 11 heavy (non-hydrogen) atoms. The van der Waals surface area contributed by atoms with Gasteiger partial charge in [-0.3, -0.25) is 0 Å². The Hall–Kier alpha value is 0.680. The molecule has 0 atom stereocenters. The van der Waals surface area contributed by atoms with Crippen molar-refractivity contribution in [3.63, 3.8) is 0 Å². The zero-order chi connectivity index (χ0) is 8.43. The molecule has 1 aliphatic rings. The average Bonchev–Trinajstić information content (AvgIpc) is 2.28. The van der Waals surface area contributed by atoms with E-state index in [1.54, 1.807) is 9.15 Å². The Morgan fingerprint density at radius 3 is 2.64 bits per heavy atom. The summed E-state index contributed by atoms with van der Waals surface area (Å²) >= 11 is 2.64. The SMILES string of the molecule is C=C1C=C([I-]C)C(CC)=C1I. The van der Waals surface area contributed by atoms with Crippen LogP contribution in [0.1, 0.15) is 13.3 Å². The van der Waals surface area contributed by atoms with Crippen LogP contribution < -0.4 is 21.2 Å². The maximum atomic E-state index is 4.01. The molecule has 0 aromatic carbocycles. The van der Waals surface area contributed by atoms with E-state index in [4.69, 9.17) is 0 Å². The van der Waals surface area contributed by atoms with Gasteiger partial charge in [0.1, 0.15) is 0 Å². The molecule has 0 saturated carbocycles. The molecule has 0 N–H and O–H groups in total. The molecule has 0 aromatic rings. The fraction of sp³-hybridized carbons (Fsp3) is 0.333. The molecule has 0 bridgehead atoms. The predicted octanol–water partition coefficient (Wildman–Crippen LogP) is 0.258. The van der Waals surface area contributed by atoms with Crippen molar-refractivity contribution in [3.8, 4) is 0 Å². The quantitative estimate of drug-likeness (QED) is 0.482. The summed E-state index contributed by atoms with van der Waals surface area (Å²) in [7, 11) is 0. The number of hydrogen-bond donors (Lipinski definition) is 0. The molecular weight excluding hydrogens is 362 g/mol. The Balaban J connectivity index is 3.01. The molecule has 0 heterocycles. The van der Waals surface area contributed by atoms with Gasteiger partial charge in [-0.15, -0.1) is 0 Å². The average molecular weight is 373 g/mol. The molecule has 0 fully saturated rings. The van der Waals surface area contributed by atoms with Gasteiger partial charge in [-0.25, -0.2) is 0 Å². The minimum absolute atomic E-state index is 0.241. The summed E-state index contributed by atoms with van der Waals surface area (Å²) in [5.41, 5.74) is 2.77. The third kappa shape index (κ3) is 1.88. The van der Waals surface area contributed by atoms with Gasteiger partial charge in [0.2, 0.25) is 0 Å². The molecule has 0 unspecified atom stereocenters. The van der Waals surface area contributed by atoms with Crippen molar-refractivity contribution in [1.82, 2.24) is 0 Å². The Kier molecular flexibility index (Phi) is 3.61. The number of rotatable bonds is 2. The Morgan fingerprint density at radius 1 is 1.64 bits per heavy atom. The first-order chi connectivity index (χ1) is 5.20. The second kappa shape index (κ2) is 4.07. The van der Waals surface area contributed by atoms with E-state index in [1.807, 2.05) is 0 Å². The molecule has 0 nitrogen and oxygen atoms in total. The Labute approximate surface area is 92.2 Å². The van der Waals surface area contributed by atoms with E-state index < -0.39 is 0 Å². The molecule has 2 heteroatoms. The van der Waals surface area contributed by atoms with Gasteiger partial charge < -0.3 is 0 Å². The molecule has 1 aliphatic carbocycles. The zero-order valence-electron chi connectivity index (χ0n) is 6.75. The second-order valence-corrected chi connectivity index (χ2v) is 5.67. The van der Waals surface area contributed by atoms with Crippen molar-refractivity contribution >= 4 is 22.6 Å². The van der Waals surface area contributed by atoms with E-state index in [0.717, 1.165) is 6.42 Å². The molecule has 0 aromatic heterocycles. The van der Waals surface area contributed by atoms with Gasteiger partial charge in [-0.2, -0.15) is 0 Å². The van der Waals surface area contributed by atoms with E-state index in [-0.39, 0.29) is 21.2 Å². The van der Waals surface area contributed by atoms with Crippen LogP contribution in [0.5, 0.6) is 0 Å². The summed E-state index contributed by atoms with van der Waals surface area (Å²) in [6, 6.07) is 0. The van der Waals surface area contributed by atoms with Crippen LogP contribution in [-0.2, 0) is 0 Å². The van der Waals surface area contributed by atoms with Gasteiger partial charge in [0.15, 0.2) is 0 Å². The first kappa shape index (κ1) is 9.77. The molecule has 62 valence electrons. The van der Waals surface area contributed by atoms with E-state index in [1.165, 1.54) is 9.15 Å². The first-order valence-corrected chi connectivity index (χ1v) is 7.81. The third-order valence-corrected chi connectivity index (χ3v) is 5.16. The molecule has 0 aliphatic heterocycles. The van der Waals surface area contributed by atoms with Gasteiger partial charge in [-0.1, -0.05) is 0 Å². The third-order valence-electron chi connectivity index (χ3n) is 1.69. The molecule has 1 rings (SSSR count). The van der Waals surface area contributed by atoms with Gasteiger partial charge >= 0.3 is 93.0 Å². The zero-order valence-corrected chi connectivity index (χ0v) is 11.1. The predicted molar refractivity (Wildman–Crippen MR) is 54.5 cm³/mol. The number of allylic oxidation sites excluding steroid dienone is 5. The van der Waals surface area contributed by atoms with E-state index in [9.17, 15) is 0 Å². The van der Waals surface area contributed by atoms with E-state index >= 15 is 0 Å². The van der Waals surface area contributed by atoms with Crippen LogP contribution in [0.15, 0.2) is 31.0 Å². The van der Waals surface area contributed by atoms with E-state index in [0.29, 0.717) is 0 Å². The summed E-state index contributed by atoms with van der Waals surface area (Å²) in [4.78, 5) is 2.31. The van der Waals surface area contributed by atoms with Gasteiger partial charge in [0, 0.05) is 0 Å². The summed E-state index contributed by atoms with van der Waals surface area (Å²) in [6.07, 6.45) is 3.42. The van der Waals surface area contributed by atoms with E-state index in [2.05, 4.69) is 47.1 Å². The second-order valence-electron chi connectivity index (χ2n) is 2.35. The van der Waals surface area contributed by atoms with Crippen LogP contribution in [0, 0.1) is 0 Å². The Bertz CT molecular complexity index is 246. The molecule has 0 saturated heterocycles. The normalized spacial score (nSPS) is 18.1. The van der Waals surface area contributed by atoms with Crippen molar-refractivity contribution in [1.29, 1.82) is 0 Å². The van der Waals surface area contributed by atoms with Crippen LogP contribution in [0.4, 0.5) is 0 Å². The molecular formula is C9H11I2-. The van der Waals surface area contributed by atoms with Crippen molar-refractivity contribution in [2.24, 2.45) is 0 Å². The molecule has 0 spiro atoms. The van der Waals surface area contributed by atoms with Crippen molar-refractivity contribution in [3.05, 3.63) is 31.0 Å². The van der Waals surface area contributed by atoms with Crippen LogP contribution in [-0.4, -0.2) is 4.93 Å². The molecule has 0 radical (unpaired) electrons. The molecule has 0 amide bonds. The van der Waals surface area contributed by atoms with Crippen molar-refractivity contribution in [2.75, 3.05) is 4.93 Å². The first-order valence-electron chi connectivity index (χ1n) is 3.50. The Morgan fingerprint density at radius 2 is 2.27 bits per heavy atom. The number of halogens is 2. The van der Waals surface area contributed by atoms with Crippen LogP contribution >= 0.6 is 22.6 Å². The fourth-order valence-electron chi connectivity index (χ4n) is 1.09. The monoisotopic (exact) mass is 373 g/mol. The van der Waals surface area contributed by atoms with Gasteiger partial charge in [0.25, 0.3) is 0 Å². The van der Waals surface area contributed by atoms with Crippen molar-refractivity contribution in [2.45, 2.75) is 13.3 Å². The fourth-order valence-corrected chi connectivity index (χ4v) is 4.43. The summed E-state index contributed by atoms with van der Waals surface area (Å²) in [5.74, 6) is 0. The van der Waals surface area contributed by atoms with Gasteiger partial charge in [-0.05, 0) is 0 Å². The maximum absolute atomic E-state index is 4.01. The number of hydrogen-bond acceptors (Lipinski definition) is 0. The standard InChI is InChI=1S/C9H11I2/c1-4-7-8(11-3)5-6(2)9(7)10/h5H,2,4H2,1,3H3/q-1. The summed E-state index contributed by atoms with van der Waals surface area (Å²) in [5, 5.41) is 0. The minimum atomic E-state index is 0.241. The summed E-state index contributed by atoms with van der Waals surface area (Å²) in [6.45, 7) is 6.23. The van der Waals surface area contributed by atoms with Crippen LogP contribution in [0.3, 0.4) is 0 Å². The summed E-state index contributed by atoms with van der Waals surface area (Å²) < 4.78 is 2.97. The van der Waals surface area contributed by atoms with Crippen LogP contribution in [0.2, 0.25) is 0 Å². The topological polar surface area (TPSA) is 0 Å². The number of alkyl halides is 1. The van der Waals surface area contributed by atoms with Crippen molar-refractivity contribution < 1.29 is 21.2 Å². The van der Waals surface area contributed by atoms with Crippen LogP contribution in [0.25, 0.3) is 0 Å².